The van der Waals surface area contributed by atoms with E-state index < -0.39 is 17.3 Å². The molecule has 0 saturated carbocycles. The summed E-state index contributed by atoms with van der Waals surface area (Å²) >= 11 is 13.7. The predicted molar refractivity (Wildman–Crippen MR) is 110 cm³/mol. The smallest absolute Gasteiger partial charge is 0.309 e. The lowest BCUT2D eigenvalue weighted by molar-refractivity contribution is 0.286. The molecule has 0 bridgehead atoms. The summed E-state index contributed by atoms with van der Waals surface area (Å²) in [5.41, 5.74) is 0.961. The minimum Gasteiger partial charge on any atom is -0.309 e. The van der Waals surface area contributed by atoms with Crippen molar-refractivity contribution in [3.8, 4) is 0 Å². The first-order chi connectivity index (χ1) is 10.9. The third kappa shape index (κ3) is 4.46. The maximum Gasteiger partial charge on any atom is 0.362 e. The molecule has 0 fully saturated rings. The molecule has 0 aliphatic heterocycles. The maximum absolute atomic E-state index is 13.0. The monoisotopic (exact) mass is 634 g/mol. The summed E-state index contributed by atoms with van der Waals surface area (Å²) in [5.74, 6) is 0. The lowest BCUT2D eigenvalue weighted by atomic mass is 10.2. The van der Waals surface area contributed by atoms with Gasteiger partial charge in [0.2, 0.25) is 0 Å². The molecule has 0 aliphatic carbocycles. The van der Waals surface area contributed by atoms with Crippen LogP contribution in [0.3, 0.4) is 0 Å². The van der Waals surface area contributed by atoms with Gasteiger partial charge in [-0.05, 0) is 34.5 Å². The molecule has 0 heterocycles. The molecular formula is C12H16Br4O6P2. The van der Waals surface area contributed by atoms with Crippen molar-refractivity contribution in [1.82, 2.24) is 0 Å². The molecule has 12 heteroatoms. The Morgan fingerprint density at radius 1 is 0.917 bits per heavy atom. The van der Waals surface area contributed by atoms with Crippen LogP contribution in [0.1, 0.15) is 11.1 Å². The van der Waals surface area contributed by atoms with Gasteiger partial charge in [-0.15, -0.1) is 0 Å². The molecule has 138 valence electrons. The van der Waals surface area contributed by atoms with E-state index in [1.807, 2.05) is 0 Å². The lowest BCUT2D eigenvalue weighted by Gasteiger charge is -2.26. The van der Waals surface area contributed by atoms with Crippen molar-refractivity contribution in [2.75, 3.05) is 28.4 Å². The van der Waals surface area contributed by atoms with E-state index in [-0.39, 0.29) is 10.6 Å². The van der Waals surface area contributed by atoms with E-state index in [9.17, 15) is 9.13 Å². The highest BCUT2D eigenvalue weighted by Gasteiger charge is 2.40. The lowest BCUT2D eigenvalue weighted by Crippen LogP contribution is -2.26. The molecule has 0 aliphatic rings. The summed E-state index contributed by atoms with van der Waals surface area (Å²) in [6.07, 6.45) is 0. The SMILES string of the molecule is COP(=O)(OC)c1cc(C(Br)(Br)Br)c(Br)c(P(=O)(OC)OC)c1C. The Hall–Kier alpha value is 1.44. The molecule has 1 rings (SSSR count). The van der Waals surface area contributed by atoms with Gasteiger partial charge < -0.3 is 18.1 Å². The first kappa shape index (κ1) is 23.5. The largest absolute Gasteiger partial charge is 0.362 e. The van der Waals surface area contributed by atoms with E-state index in [2.05, 4.69) is 63.7 Å². The second-order valence-electron chi connectivity index (χ2n) is 4.45. The number of halogens is 4. The highest BCUT2D eigenvalue weighted by molar-refractivity contribution is 9.38. The zero-order valence-electron chi connectivity index (χ0n) is 13.4. The third-order valence-electron chi connectivity index (χ3n) is 3.30. The fraction of sp³-hybridized carbons (Fsp3) is 0.500. The summed E-state index contributed by atoms with van der Waals surface area (Å²) in [5, 5.41) is 0.481. The number of rotatable bonds is 6. The Morgan fingerprint density at radius 3 is 1.67 bits per heavy atom. The third-order valence-corrected chi connectivity index (χ3v) is 9.80. The van der Waals surface area contributed by atoms with Crippen molar-refractivity contribution in [3.05, 3.63) is 21.7 Å². The summed E-state index contributed by atoms with van der Waals surface area (Å²) < 4.78 is 46.0. The predicted octanol–water partition coefficient (Wildman–Crippen LogP) is 5.27. The first-order valence-electron chi connectivity index (χ1n) is 6.26. The molecule has 0 amide bonds. The molecule has 0 N–H and O–H groups in total. The fourth-order valence-corrected chi connectivity index (χ4v) is 8.01. The van der Waals surface area contributed by atoms with Gasteiger partial charge in [0.1, 0.15) is 0 Å². The Kier molecular flexibility index (Phi) is 8.45. The van der Waals surface area contributed by atoms with Gasteiger partial charge in [-0.1, -0.05) is 47.8 Å². The number of hydrogen-bond donors (Lipinski definition) is 0. The molecule has 0 saturated heterocycles. The van der Waals surface area contributed by atoms with E-state index >= 15 is 0 Å². The molecule has 0 unspecified atom stereocenters. The zero-order chi connectivity index (χ0) is 18.9. The van der Waals surface area contributed by atoms with Crippen molar-refractivity contribution in [3.63, 3.8) is 0 Å². The molecule has 0 spiro atoms. The van der Waals surface area contributed by atoms with Gasteiger partial charge in [-0.2, -0.15) is 0 Å². The average molecular weight is 638 g/mol. The van der Waals surface area contributed by atoms with Gasteiger partial charge in [0.15, 0.2) is 2.14 Å². The van der Waals surface area contributed by atoms with Crippen LogP contribution in [0.4, 0.5) is 0 Å². The van der Waals surface area contributed by atoms with E-state index in [0.29, 0.717) is 15.6 Å². The van der Waals surface area contributed by atoms with Gasteiger partial charge in [-0.25, -0.2) is 0 Å². The fourth-order valence-electron chi connectivity index (χ4n) is 2.07. The van der Waals surface area contributed by atoms with Crippen LogP contribution in [0, 0.1) is 6.92 Å². The molecule has 0 radical (unpaired) electrons. The van der Waals surface area contributed by atoms with Crippen LogP contribution in [0.2, 0.25) is 0 Å². The topological polar surface area (TPSA) is 71.1 Å². The van der Waals surface area contributed by atoms with E-state index in [0.717, 1.165) is 0 Å². The number of hydrogen-bond acceptors (Lipinski definition) is 6. The second-order valence-corrected chi connectivity index (χ2v) is 16.4. The van der Waals surface area contributed by atoms with Crippen LogP contribution in [0.15, 0.2) is 10.5 Å². The normalized spacial score (nSPS) is 13.4. The van der Waals surface area contributed by atoms with Crippen LogP contribution in [0.25, 0.3) is 0 Å². The molecule has 24 heavy (non-hydrogen) atoms. The molecule has 6 nitrogen and oxygen atoms in total. The highest BCUT2D eigenvalue weighted by atomic mass is 80.0. The Morgan fingerprint density at radius 2 is 1.33 bits per heavy atom. The minimum atomic E-state index is -3.66. The van der Waals surface area contributed by atoms with E-state index in [1.54, 1.807) is 13.0 Å². The molecule has 1 aromatic rings. The highest BCUT2D eigenvalue weighted by Crippen LogP contribution is 2.55. The van der Waals surface area contributed by atoms with Crippen LogP contribution >= 0.6 is 78.9 Å². The summed E-state index contributed by atoms with van der Waals surface area (Å²) in [6, 6.07) is 1.62. The van der Waals surface area contributed by atoms with Gasteiger partial charge in [0.25, 0.3) is 0 Å². The molecule has 0 aromatic heterocycles. The van der Waals surface area contributed by atoms with Gasteiger partial charge in [-0.3, -0.25) is 9.13 Å². The van der Waals surface area contributed by atoms with Crippen molar-refractivity contribution in [2.24, 2.45) is 0 Å². The Labute approximate surface area is 174 Å². The van der Waals surface area contributed by atoms with Gasteiger partial charge >= 0.3 is 15.2 Å². The quantitative estimate of drug-likeness (QED) is 0.313. The summed E-state index contributed by atoms with van der Waals surface area (Å²) in [7, 11) is -2.17. The minimum absolute atomic E-state index is 0.233. The van der Waals surface area contributed by atoms with Crippen LogP contribution in [0.5, 0.6) is 0 Å². The van der Waals surface area contributed by atoms with Crippen LogP contribution in [-0.4, -0.2) is 28.4 Å². The van der Waals surface area contributed by atoms with Gasteiger partial charge in [0.05, 0.1) is 10.6 Å². The average Bonchev–Trinajstić information content (AvgIpc) is 2.52. The first-order valence-corrected chi connectivity index (χ1v) is 12.5. The van der Waals surface area contributed by atoms with Crippen molar-refractivity contribution < 1.29 is 27.2 Å². The number of benzene rings is 1. The van der Waals surface area contributed by atoms with Crippen LogP contribution in [-0.2, 0) is 29.4 Å². The van der Waals surface area contributed by atoms with Crippen molar-refractivity contribution in [2.45, 2.75) is 9.07 Å². The Balaban J connectivity index is 4.04. The standard InChI is InChI=1S/C12H16Br4O6P2/c1-7-9(23(17,19-2)20-3)6-8(12(14,15)16)10(13)11(7)24(18,21-4)22-5/h6H,1-5H3. The van der Waals surface area contributed by atoms with E-state index in [1.165, 1.54) is 28.4 Å². The molecular weight excluding hydrogens is 622 g/mol. The molecule has 0 atom stereocenters. The summed E-state index contributed by atoms with van der Waals surface area (Å²) in [6.45, 7) is 1.65. The Bertz CT molecular complexity index is 702. The van der Waals surface area contributed by atoms with E-state index in [4.69, 9.17) is 18.1 Å². The van der Waals surface area contributed by atoms with Crippen LogP contribution < -0.4 is 10.6 Å². The second kappa shape index (κ2) is 8.63. The maximum atomic E-state index is 13.0. The molecule has 1 aromatic carbocycles. The van der Waals surface area contributed by atoms with Crippen molar-refractivity contribution in [1.29, 1.82) is 0 Å². The number of alkyl halides is 3. The zero-order valence-corrected chi connectivity index (χ0v) is 21.6. The van der Waals surface area contributed by atoms with Gasteiger partial charge in [0, 0.05) is 38.5 Å². The van der Waals surface area contributed by atoms with Crippen molar-refractivity contribution >= 4 is 89.5 Å². The summed E-state index contributed by atoms with van der Waals surface area (Å²) in [4.78, 5) is 0.